The van der Waals surface area contributed by atoms with E-state index in [1.165, 1.54) is 12.0 Å². The van der Waals surface area contributed by atoms with Crippen molar-refractivity contribution >= 4 is 35.0 Å². The summed E-state index contributed by atoms with van der Waals surface area (Å²) < 4.78 is 6.51. The Morgan fingerprint density at radius 3 is 2.59 bits per heavy atom. The number of nitrogens with zero attached hydrogens (tertiary/aromatic N) is 1. The first kappa shape index (κ1) is 28.0. The number of fused-ring (bicyclic) bond motifs is 1. The second-order valence-electron chi connectivity index (χ2n) is 12.1. The van der Waals surface area contributed by atoms with Crippen LogP contribution in [-0.4, -0.2) is 52.5 Å². The lowest BCUT2D eigenvalue weighted by Gasteiger charge is -2.36. The van der Waals surface area contributed by atoms with E-state index in [9.17, 15) is 14.4 Å². The van der Waals surface area contributed by atoms with Crippen molar-refractivity contribution in [3.63, 3.8) is 0 Å². The molecule has 1 saturated carbocycles. The van der Waals surface area contributed by atoms with Crippen molar-refractivity contribution in [3.8, 4) is 0 Å². The number of anilines is 1. The smallest absolute Gasteiger partial charge is 0.246 e. The van der Waals surface area contributed by atoms with Gasteiger partial charge in [-0.25, -0.2) is 0 Å². The van der Waals surface area contributed by atoms with E-state index in [0.717, 1.165) is 37.7 Å². The molecule has 6 rings (SSSR count). The largest absolute Gasteiger partial charge is 0.359 e. The summed E-state index contributed by atoms with van der Waals surface area (Å²) in [6.45, 7) is 3.90. The van der Waals surface area contributed by atoms with Crippen molar-refractivity contribution < 1.29 is 19.1 Å². The number of amides is 3. The number of ether oxygens (including phenoxy) is 1. The Kier molecular flexibility index (Phi) is 7.68. The van der Waals surface area contributed by atoms with Gasteiger partial charge in [0.2, 0.25) is 17.7 Å². The van der Waals surface area contributed by atoms with Crippen LogP contribution in [0, 0.1) is 18.8 Å². The van der Waals surface area contributed by atoms with Crippen LogP contribution in [0.15, 0.2) is 60.7 Å². The topological polar surface area (TPSA) is 87.7 Å². The molecule has 6 atom stereocenters. The van der Waals surface area contributed by atoms with E-state index in [1.54, 1.807) is 17.0 Å². The Balaban J connectivity index is 1.29. The Morgan fingerprint density at radius 2 is 1.85 bits per heavy atom. The molecule has 0 radical (unpaired) electrons. The predicted molar refractivity (Wildman–Crippen MR) is 158 cm³/mol. The number of hydrogen-bond donors (Lipinski definition) is 2. The maximum Gasteiger partial charge on any atom is 0.246 e. The molecule has 3 aliphatic heterocycles. The van der Waals surface area contributed by atoms with E-state index in [0.29, 0.717) is 17.1 Å². The number of halogens is 1. The average molecular weight is 576 g/mol. The Labute approximate surface area is 246 Å². The summed E-state index contributed by atoms with van der Waals surface area (Å²) in [5.74, 6) is -2.20. The molecule has 2 N–H and O–H groups in total. The maximum absolute atomic E-state index is 14.3. The van der Waals surface area contributed by atoms with Gasteiger partial charge in [-0.3, -0.25) is 14.4 Å². The van der Waals surface area contributed by atoms with Gasteiger partial charge in [0.25, 0.3) is 0 Å². The molecule has 2 aromatic rings. The van der Waals surface area contributed by atoms with Crippen molar-refractivity contribution in [2.75, 3.05) is 5.32 Å². The number of carbonyl (C=O) groups is 3. The average Bonchev–Trinajstić information content (AvgIpc) is 3.62. The van der Waals surface area contributed by atoms with Crippen LogP contribution in [0.3, 0.4) is 0 Å². The van der Waals surface area contributed by atoms with Gasteiger partial charge in [0, 0.05) is 22.8 Å². The van der Waals surface area contributed by atoms with E-state index in [-0.39, 0.29) is 29.8 Å². The molecule has 2 saturated heterocycles. The molecule has 8 heteroatoms. The van der Waals surface area contributed by atoms with Crippen LogP contribution in [0.2, 0.25) is 5.02 Å². The van der Waals surface area contributed by atoms with Crippen molar-refractivity contribution in [1.29, 1.82) is 0 Å². The lowest BCUT2D eigenvalue weighted by atomic mass is 9.74. The minimum atomic E-state index is -1.17. The van der Waals surface area contributed by atoms with Gasteiger partial charge in [-0.15, -0.1) is 0 Å². The third-order valence-electron chi connectivity index (χ3n) is 9.42. The summed E-state index contributed by atoms with van der Waals surface area (Å²) in [7, 11) is 0. The number of nitrogens with one attached hydrogen (secondary N) is 2. The van der Waals surface area contributed by atoms with Gasteiger partial charge in [0.15, 0.2) is 0 Å². The molecular weight excluding hydrogens is 538 g/mol. The van der Waals surface area contributed by atoms with Crippen molar-refractivity contribution in [3.05, 3.63) is 76.8 Å². The van der Waals surface area contributed by atoms with Gasteiger partial charge in [0.1, 0.15) is 11.6 Å². The molecule has 3 fully saturated rings. The Bertz CT molecular complexity index is 1360. The zero-order valence-electron chi connectivity index (χ0n) is 23.6. The molecule has 1 aliphatic carbocycles. The first-order valence-electron chi connectivity index (χ1n) is 14.9. The zero-order chi connectivity index (χ0) is 28.7. The molecule has 216 valence electrons. The highest BCUT2D eigenvalue weighted by molar-refractivity contribution is 6.31. The van der Waals surface area contributed by atoms with Crippen LogP contribution in [-0.2, 0) is 25.5 Å². The van der Waals surface area contributed by atoms with Crippen molar-refractivity contribution in [1.82, 2.24) is 10.2 Å². The minimum Gasteiger partial charge on any atom is -0.359 e. The number of aryl methyl sites for hydroxylation is 2. The number of likely N-dealkylation sites (tertiary alicyclic amines) is 1. The van der Waals surface area contributed by atoms with Gasteiger partial charge in [-0.1, -0.05) is 79.4 Å². The third-order valence-corrected chi connectivity index (χ3v) is 9.83. The molecular formula is C33H38ClN3O4. The SMILES string of the molecule is Cc1ccc(NC(=O)C2[C@@H]3C=CC4(O3)C(C(=O)NC3CCCCC3)N(C(C)CCc3ccccc3)C(=O)[C@H]24)cc1Cl. The van der Waals surface area contributed by atoms with Gasteiger partial charge >= 0.3 is 0 Å². The molecule has 2 bridgehead atoms. The highest BCUT2D eigenvalue weighted by Crippen LogP contribution is 2.56. The van der Waals surface area contributed by atoms with Gasteiger partial charge in [0.05, 0.1) is 17.9 Å². The first-order chi connectivity index (χ1) is 19.8. The normalized spacial score (nSPS) is 29.4. The monoisotopic (exact) mass is 575 g/mol. The maximum atomic E-state index is 14.3. The highest BCUT2D eigenvalue weighted by Gasteiger charge is 2.73. The second-order valence-corrected chi connectivity index (χ2v) is 12.5. The Morgan fingerprint density at radius 1 is 1.10 bits per heavy atom. The Hall–Kier alpha value is -3.16. The summed E-state index contributed by atoms with van der Waals surface area (Å²) in [4.78, 5) is 43.9. The highest BCUT2D eigenvalue weighted by atomic mass is 35.5. The van der Waals surface area contributed by atoms with Crippen LogP contribution in [0.25, 0.3) is 0 Å². The zero-order valence-corrected chi connectivity index (χ0v) is 24.4. The van der Waals surface area contributed by atoms with Gasteiger partial charge in [-0.2, -0.15) is 0 Å². The van der Waals surface area contributed by atoms with Crippen LogP contribution in [0.4, 0.5) is 5.69 Å². The molecule has 7 nitrogen and oxygen atoms in total. The number of carbonyl (C=O) groups excluding carboxylic acids is 3. The van der Waals surface area contributed by atoms with Crippen LogP contribution >= 0.6 is 11.6 Å². The van der Waals surface area contributed by atoms with Crippen molar-refractivity contribution in [2.24, 2.45) is 11.8 Å². The predicted octanol–water partition coefficient (Wildman–Crippen LogP) is 5.21. The van der Waals surface area contributed by atoms with Crippen LogP contribution in [0.1, 0.15) is 56.6 Å². The molecule has 3 heterocycles. The fourth-order valence-corrected chi connectivity index (χ4v) is 7.44. The van der Waals surface area contributed by atoms with Crippen LogP contribution < -0.4 is 10.6 Å². The fraction of sp³-hybridized carbons (Fsp3) is 0.485. The fourth-order valence-electron chi connectivity index (χ4n) is 7.26. The van der Waals surface area contributed by atoms with E-state index >= 15 is 0 Å². The number of benzene rings is 2. The number of rotatable bonds is 8. The third kappa shape index (κ3) is 5.08. The summed E-state index contributed by atoms with van der Waals surface area (Å²) in [6.07, 6.45) is 9.86. The minimum absolute atomic E-state index is 0.0937. The lowest BCUT2D eigenvalue weighted by molar-refractivity contribution is -0.143. The standard InChI is InChI=1S/C33H38ClN3O4/c1-20-13-16-24(19-25(20)34)36-30(38)27-26-17-18-33(41-26)28(27)32(40)37(21(2)14-15-22-9-5-3-6-10-22)29(33)31(39)35-23-11-7-4-8-12-23/h3,5-6,9-10,13,16-19,21,23,26-29H,4,7-8,11-12,14-15H2,1-2H3,(H,35,39)(H,36,38)/t21?,26-,27?,28-,29?,33?/m0/s1. The molecule has 2 aromatic carbocycles. The van der Waals surface area contributed by atoms with E-state index < -0.39 is 29.6 Å². The second kappa shape index (κ2) is 11.3. The number of hydrogen-bond acceptors (Lipinski definition) is 4. The lowest BCUT2D eigenvalue weighted by Crippen LogP contribution is -2.58. The van der Waals surface area contributed by atoms with E-state index in [2.05, 4.69) is 22.8 Å². The molecule has 1 spiro atoms. The summed E-state index contributed by atoms with van der Waals surface area (Å²) >= 11 is 6.30. The van der Waals surface area contributed by atoms with E-state index in [4.69, 9.17) is 16.3 Å². The summed E-state index contributed by atoms with van der Waals surface area (Å²) in [6, 6.07) is 14.5. The quantitative estimate of drug-likeness (QED) is 0.423. The van der Waals surface area contributed by atoms with Gasteiger partial charge < -0.3 is 20.3 Å². The molecule has 4 aliphatic rings. The summed E-state index contributed by atoms with van der Waals surface area (Å²) in [5.41, 5.74) is 1.48. The van der Waals surface area contributed by atoms with E-state index in [1.807, 2.05) is 50.3 Å². The molecule has 4 unspecified atom stereocenters. The molecule has 41 heavy (non-hydrogen) atoms. The van der Waals surface area contributed by atoms with Crippen molar-refractivity contribution in [2.45, 2.75) is 88.6 Å². The first-order valence-corrected chi connectivity index (χ1v) is 15.3. The van der Waals surface area contributed by atoms with Crippen LogP contribution in [0.5, 0.6) is 0 Å². The summed E-state index contributed by atoms with van der Waals surface area (Å²) in [5, 5.41) is 6.78. The van der Waals surface area contributed by atoms with Gasteiger partial charge in [-0.05, 0) is 62.8 Å². The molecule has 0 aromatic heterocycles. The molecule has 3 amide bonds.